The third-order valence-corrected chi connectivity index (χ3v) is 6.07. The molecule has 0 bridgehead atoms. The first-order chi connectivity index (χ1) is 12.9. The van der Waals surface area contributed by atoms with Crippen LogP contribution in [0, 0.1) is 0 Å². The Bertz CT molecular complexity index is 339. The Balaban J connectivity index is 3.80. The third kappa shape index (κ3) is 20.2. The summed E-state index contributed by atoms with van der Waals surface area (Å²) in [4.78, 5) is 11.1. The first kappa shape index (κ1) is 26.6. The molecule has 0 radical (unpaired) electrons. The molecular formula is C23H48O3Si. The van der Waals surface area contributed by atoms with Crippen molar-refractivity contribution in [3.63, 3.8) is 0 Å². The van der Waals surface area contributed by atoms with Gasteiger partial charge in [0.15, 0.2) is 8.32 Å². The van der Waals surface area contributed by atoms with E-state index in [-0.39, 0.29) is 5.97 Å². The topological polar surface area (TPSA) is 35.5 Å². The number of carbonyl (C=O) groups is 1. The van der Waals surface area contributed by atoms with Gasteiger partial charge in [0.1, 0.15) is 0 Å². The predicted octanol–water partition coefficient (Wildman–Crippen LogP) is 7.64. The van der Waals surface area contributed by atoms with E-state index in [1.54, 1.807) is 0 Å². The van der Waals surface area contributed by atoms with Crippen molar-refractivity contribution in [1.82, 2.24) is 0 Å². The normalized spacial score (nSPS) is 12.9. The van der Waals surface area contributed by atoms with E-state index in [0.29, 0.717) is 12.5 Å². The van der Waals surface area contributed by atoms with E-state index in [2.05, 4.69) is 31.3 Å². The van der Waals surface area contributed by atoms with Crippen LogP contribution in [0.15, 0.2) is 0 Å². The monoisotopic (exact) mass is 400 g/mol. The molecule has 1 atom stereocenters. The van der Waals surface area contributed by atoms with E-state index in [1.807, 2.05) is 0 Å². The number of unbranched alkanes of at least 4 members (excludes halogenated alkanes) is 11. The average molecular weight is 401 g/mol. The van der Waals surface area contributed by atoms with Gasteiger partial charge < -0.3 is 9.16 Å². The summed E-state index contributed by atoms with van der Waals surface area (Å²) in [6.45, 7) is 9.20. The second-order valence-electron chi connectivity index (χ2n) is 9.00. The van der Waals surface area contributed by atoms with Crippen LogP contribution in [0.4, 0.5) is 0 Å². The average Bonchev–Trinajstić information content (AvgIpc) is 2.61. The Morgan fingerprint density at radius 2 is 1.19 bits per heavy atom. The maximum absolute atomic E-state index is 11.1. The zero-order chi connectivity index (χ0) is 20.4. The van der Waals surface area contributed by atoms with Gasteiger partial charge in [-0.1, -0.05) is 84.0 Å². The summed E-state index contributed by atoms with van der Waals surface area (Å²) in [5.41, 5.74) is 0. The summed E-state index contributed by atoms with van der Waals surface area (Å²) < 4.78 is 11.1. The zero-order valence-electron chi connectivity index (χ0n) is 19.1. The van der Waals surface area contributed by atoms with E-state index in [1.165, 1.54) is 90.6 Å². The highest BCUT2D eigenvalue weighted by Gasteiger charge is 2.20. The number of ether oxygens (including phenoxy) is 1. The van der Waals surface area contributed by atoms with Gasteiger partial charge in [0.05, 0.1) is 7.11 Å². The van der Waals surface area contributed by atoms with Gasteiger partial charge in [-0.15, -0.1) is 0 Å². The van der Waals surface area contributed by atoms with Crippen molar-refractivity contribution in [2.45, 2.75) is 135 Å². The molecule has 0 aromatic carbocycles. The summed E-state index contributed by atoms with van der Waals surface area (Å²) in [6, 6.07) is 0. The molecule has 0 amide bonds. The predicted molar refractivity (Wildman–Crippen MR) is 120 cm³/mol. The number of rotatable bonds is 19. The molecule has 162 valence electrons. The van der Waals surface area contributed by atoms with Crippen molar-refractivity contribution in [3.8, 4) is 0 Å². The van der Waals surface area contributed by atoms with Gasteiger partial charge in [0.25, 0.3) is 0 Å². The minimum absolute atomic E-state index is 0.0797. The molecular weight excluding hydrogens is 352 g/mol. The third-order valence-electron chi connectivity index (χ3n) is 5.03. The lowest BCUT2D eigenvalue weighted by Crippen LogP contribution is -2.32. The molecule has 0 fully saturated rings. The fourth-order valence-electron chi connectivity index (χ4n) is 3.54. The molecule has 0 rings (SSSR count). The van der Waals surface area contributed by atoms with Crippen LogP contribution >= 0.6 is 0 Å². The number of hydrogen-bond acceptors (Lipinski definition) is 3. The van der Waals surface area contributed by atoms with Gasteiger partial charge in [-0.05, 0) is 38.9 Å². The van der Waals surface area contributed by atoms with Crippen molar-refractivity contribution in [2.24, 2.45) is 0 Å². The molecule has 0 aliphatic heterocycles. The molecule has 27 heavy (non-hydrogen) atoms. The summed E-state index contributed by atoms with van der Waals surface area (Å²) in [5, 5.41) is 0. The van der Waals surface area contributed by atoms with Crippen molar-refractivity contribution < 1.29 is 14.0 Å². The van der Waals surface area contributed by atoms with E-state index in [0.717, 1.165) is 12.8 Å². The van der Waals surface area contributed by atoms with Gasteiger partial charge in [0.2, 0.25) is 0 Å². The second-order valence-corrected chi connectivity index (χ2v) is 13.5. The van der Waals surface area contributed by atoms with Crippen LogP contribution in [0.5, 0.6) is 0 Å². The molecule has 0 saturated heterocycles. The van der Waals surface area contributed by atoms with Crippen molar-refractivity contribution in [2.75, 3.05) is 7.11 Å². The van der Waals surface area contributed by atoms with Crippen molar-refractivity contribution in [1.29, 1.82) is 0 Å². The van der Waals surface area contributed by atoms with Crippen LogP contribution in [0.1, 0.15) is 110 Å². The van der Waals surface area contributed by atoms with Gasteiger partial charge in [0, 0.05) is 12.5 Å². The molecule has 1 unspecified atom stereocenters. The van der Waals surface area contributed by atoms with Crippen molar-refractivity contribution >= 4 is 14.3 Å². The molecule has 0 aliphatic carbocycles. The standard InChI is InChI=1S/C23H48O3Si/c1-6-7-8-9-10-11-13-16-19-22(26-27(3,4)5)20-17-14-12-15-18-21-23(24)25-2/h22H,6-21H2,1-5H3. The van der Waals surface area contributed by atoms with Gasteiger partial charge in [-0.2, -0.15) is 0 Å². The number of carbonyl (C=O) groups excluding carboxylic acids is 1. The van der Waals surface area contributed by atoms with Gasteiger partial charge in [-0.25, -0.2) is 0 Å². The minimum Gasteiger partial charge on any atom is -0.469 e. The summed E-state index contributed by atoms with van der Waals surface area (Å²) in [7, 11) is 0.00570. The molecule has 0 heterocycles. The number of esters is 1. The molecule has 0 saturated carbocycles. The summed E-state index contributed by atoms with van der Waals surface area (Å²) >= 11 is 0. The lowest BCUT2D eigenvalue weighted by Gasteiger charge is -2.26. The zero-order valence-corrected chi connectivity index (χ0v) is 20.1. The van der Waals surface area contributed by atoms with Gasteiger partial charge >= 0.3 is 5.97 Å². The first-order valence-electron chi connectivity index (χ1n) is 11.6. The van der Waals surface area contributed by atoms with Crippen LogP contribution in [0.2, 0.25) is 19.6 Å². The number of methoxy groups -OCH3 is 1. The lowest BCUT2D eigenvalue weighted by molar-refractivity contribution is -0.140. The molecule has 0 spiro atoms. The Morgan fingerprint density at radius 3 is 1.63 bits per heavy atom. The molecule has 4 heteroatoms. The first-order valence-corrected chi connectivity index (χ1v) is 15.0. The van der Waals surface area contributed by atoms with Gasteiger partial charge in [-0.3, -0.25) is 4.79 Å². The van der Waals surface area contributed by atoms with E-state index < -0.39 is 8.32 Å². The van der Waals surface area contributed by atoms with Crippen LogP contribution in [0.25, 0.3) is 0 Å². The molecule has 0 aromatic rings. The summed E-state index contributed by atoms with van der Waals surface area (Å²) in [6.07, 6.45) is 20.3. The Hall–Kier alpha value is -0.353. The Kier molecular flexibility index (Phi) is 17.5. The van der Waals surface area contributed by atoms with E-state index in [4.69, 9.17) is 4.43 Å². The van der Waals surface area contributed by atoms with Crippen LogP contribution in [0.3, 0.4) is 0 Å². The highest BCUT2D eigenvalue weighted by atomic mass is 28.4. The molecule has 0 aliphatic rings. The van der Waals surface area contributed by atoms with Crippen LogP contribution in [-0.4, -0.2) is 27.5 Å². The van der Waals surface area contributed by atoms with E-state index >= 15 is 0 Å². The van der Waals surface area contributed by atoms with Crippen LogP contribution in [-0.2, 0) is 14.0 Å². The maximum Gasteiger partial charge on any atom is 0.305 e. The molecule has 0 aromatic heterocycles. The maximum atomic E-state index is 11.1. The fraction of sp³-hybridized carbons (Fsp3) is 0.957. The quantitative estimate of drug-likeness (QED) is 0.127. The molecule has 0 N–H and O–H groups in total. The van der Waals surface area contributed by atoms with Crippen LogP contribution < -0.4 is 0 Å². The fourth-order valence-corrected chi connectivity index (χ4v) is 4.78. The summed E-state index contributed by atoms with van der Waals surface area (Å²) in [5.74, 6) is -0.0797. The Labute approximate surface area is 171 Å². The smallest absolute Gasteiger partial charge is 0.305 e. The minimum atomic E-state index is -1.46. The highest BCUT2D eigenvalue weighted by Crippen LogP contribution is 2.20. The molecule has 3 nitrogen and oxygen atoms in total. The second kappa shape index (κ2) is 17.7. The highest BCUT2D eigenvalue weighted by molar-refractivity contribution is 6.69. The van der Waals surface area contributed by atoms with E-state index in [9.17, 15) is 4.79 Å². The largest absolute Gasteiger partial charge is 0.469 e. The number of hydrogen-bond donors (Lipinski definition) is 0. The Morgan fingerprint density at radius 1 is 0.741 bits per heavy atom. The SMILES string of the molecule is CCCCCCCCCCC(CCCCCCCC(=O)OC)O[Si](C)(C)C. The van der Waals surface area contributed by atoms with Crippen molar-refractivity contribution in [3.05, 3.63) is 0 Å². The lowest BCUT2D eigenvalue weighted by atomic mass is 10.0.